The van der Waals surface area contributed by atoms with E-state index < -0.39 is 18.1 Å². The third kappa shape index (κ3) is 6.39. The minimum Gasteiger partial charge on any atom is -0.464 e. The van der Waals surface area contributed by atoms with Gasteiger partial charge in [0.25, 0.3) is 0 Å². The maximum absolute atomic E-state index is 12.2. The Hall–Kier alpha value is -3.39. The Kier molecular flexibility index (Phi) is 8.36. The van der Waals surface area contributed by atoms with Gasteiger partial charge in [-0.15, -0.1) is 0 Å². The Morgan fingerprint density at radius 2 is 1.60 bits per heavy atom. The lowest BCUT2D eigenvalue weighted by atomic mass is 9.98. The van der Waals surface area contributed by atoms with Crippen molar-refractivity contribution in [2.45, 2.75) is 44.6 Å². The number of hydrogen-bond donors (Lipinski definition) is 2. The van der Waals surface area contributed by atoms with Gasteiger partial charge >= 0.3 is 12.1 Å². The maximum atomic E-state index is 12.2. The smallest absolute Gasteiger partial charge is 0.407 e. The predicted molar refractivity (Wildman–Crippen MR) is 130 cm³/mol. The van der Waals surface area contributed by atoms with Crippen LogP contribution in [0.5, 0.6) is 0 Å². The molecule has 4 rings (SSSR count). The molecule has 0 spiro atoms. The molecule has 2 aromatic rings. The van der Waals surface area contributed by atoms with Gasteiger partial charge in [-0.2, -0.15) is 0 Å². The minimum absolute atomic E-state index is 0.0492. The SMILES string of the molecule is CCCCOC(=O)C(OCNC(=O)CNC(=O)OCC1c2ccccc2-c2ccccc21)C1CC1. The summed E-state index contributed by atoms with van der Waals surface area (Å²) in [5.41, 5.74) is 4.54. The molecule has 0 aromatic heterocycles. The van der Waals surface area contributed by atoms with Crippen molar-refractivity contribution in [3.63, 3.8) is 0 Å². The number of ether oxygens (including phenoxy) is 3. The van der Waals surface area contributed by atoms with E-state index in [2.05, 4.69) is 22.8 Å². The number of unbranched alkanes of at least 4 members (excludes halogenated alkanes) is 1. The third-order valence-electron chi connectivity index (χ3n) is 6.29. The highest BCUT2D eigenvalue weighted by Gasteiger charge is 2.38. The van der Waals surface area contributed by atoms with Crippen LogP contribution in [0.3, 0.4) is 0 Å². The molecule has 0 aliphatic heterocycles. The number of amides is 2. The highest BCUT2D eigenvalue weighted by atomic mass is 16.6. The molecule has 2 N–H and O–H groups in total. The van der Waals surface area contributed by atoms with Crippen LogP contribution in [0.1, 0.15) is 49.7 Å². The predicted octanol–water partition coefficient (Wildman–Crippen LogP) is 3.74. The first-order valence-corrected chi connectivity index (χ1v) is 12.2. The molecule has 35 heavy (non-hydrogen) atoms. The molecule has 1 fully saturated rings. The average Bonchev–Trinajstić information content (AvgIpc) is 3.66. The van der Waals surface area contributed by atoms with Crippen LogP contribution in [-0.4, -0.2) is 50.6 Å². The molecule has 1 atom stereocenters. The highest BCUT2D eigenvalue weighted by Crippen LogP contribution is 2.44. The summed E-state index contributed by atoms with van der Waals surface area (Å²) in [5.74, 6) is -0.730. The van der Waals surface area contributed by atoms with E-state index >= 15 is 0 Å². The van der Waals surface area contributed by atoms with Gasteiger partial charge in [-0.1, -0.05) is 61.9 Å². The van der Waals surface area contributed by atoms with E-state index in [0.29, 0.717) is 6.61 Å². The van der Waals surface area contributed by atoms with E-state index in [0.717, 1.165) is 47.9 Å². The molecule has 0 radical (unpaired) electrons. The van der Waals surface area contributed by atoms with Gasteiger partial charge in [-0.05, 0) is 47.4 Å². The largest absolute Gasteiger partial charge is 0.464 e. The highest BCUT2D eigenvalue weighted by molar-refractivity contribution is 5.82. The lowest BCUT2D eigenvalue weighted by Gasteiger charge is -2.17. The fourth-order valence-corrected chi connectivity index (χ4v) is 4.27. The van der Waals surface area contributed by atoms with Crippen molar-refractivity contribution in [2.24, 2.45) is 5.92 Å². The van der Waals surface area contributed by atoms with Crippen molar-refractivity contribution in [2.75, 3.05) is 26.5 Å². The second kappa shape index (κ2) is 11.8. The van der Waals surface area contributed by atoms with Gasteiger partial charge in [-0.25, -0.2) is 9.59 Å². The number of rotatable bonds is 12. The molecule has 8 heteroatoms. The third-order valence-corrected chi connectivity index (χ3v) is 6.29. The molecular weight excluding hydrogens is 448 g/mol. The van der Waals surface area contributed by atoms with Gasteiger partial charge in [0.05, 0.1) is 6.61 Å². The molecule has 1 saturated carbocycles. The molecule has 2 aromatic carbocycles. The molecule has 186 valence electrons. The van der Waals surface area contributed by atoms with Crippen LogP contribution < -0.4 is 10.6 Å². The molecule has 0 saturated heterocycles. The number of carbonyl (C=O) groups is 3. The van der Waals surface area contributed by atoms with E-state index in [1.807, 2.05) is 43.3 Å². The van der Waals surface area contributed by atoms with Gasteiger partial charge in [0, 0.05) is 5.92 Å². The molecule has 1 unspecified atom stereocenters. The van der Waals surface area contributed by atoms with E-state index in [4.69, 9.17) is 14.2 Å². The number of fused-ring (bicyclic) bond motifs is 3. The number of nitrogens with one attached hydrogen (secondary N) is 2. The normalized spacial score (nSPS) is 15.0. The van der Waals surface area contributed by atoms with Crippen LogP contribution >= 0.6 is 0 Å². The lowest BCUT2D eigenvalue weighted by Crippen LogP contribution is -2.40. The van der Waals surface area contributed by atoms with Crippen molar-refractivity contribution in [1.29, 1.82) is 0 Å². The van der Waals surface area contributed by atoms with Gasteiger partial charge in [0.1, 0.15) is 19.9 Å². The summed E-state index contributed by atoms with van der Waals surface area (Å²) in [6.07, 6.45) is 2.23. The fraction of sp³-hybridized carbons (Fsp3) is 0.444. The van der Waals surface area contributed by atoms with E-state index in [9.17, 15) is 14.4 Å². The maximum Gasteiger partial charge on any atom is 0.407 e. The first kappa shape index (κ1) is 24.7. The quantitative estimate of drug-likeness (QED) is 0.273. The second-order valence-corrected chi connectivity index (χ2v) is 8.87. The summed E-state index contributed by atoms with van der Waals surface area (Å²) in [7, 11) is 0. The summed E-state index contributed by atoms with van der Waals surface area (Å²) in [6.45, 7) is 2.19. The lowest BCUT2D eigenvalue weighted by molar-refractivity contribution is -0.160. The Balaban J connectivity index is 1.18. The zero-order chi connectivity index (χ0) is 24.6. The van der Waals surface area contributed by atoms with Gasteiger partial charge in [0.2, 0.25) is 5.91 Å². The van der Waals surface area contributed by atoms with Crippen LogP contribution in [0.25, 0.3) is 11.1 Å². The van der Waals surface area contributed by atoms with Crippen molar-refractivity contribution in [3.8, 4) is 11.1 Å². The van der Waals surface area contributed by atoms with Crippen molar-refractivity contribution in [1.82, 2.24) is 10.6 Å². The van der Waals surface area contributed by atoms with E-state index in [1.54, 1.807) is 0 Å². The molecule has 2 aliphatic carbocycles. The van der Waals surface area contributed by atoms with Crippen LogP contribution in [0.4, 0.5) is 4.79 Å². The number of hydrogen-bond acceptors (Lipinski definition) is 6. The Morgan fingerprint density at radius 1 is 0.943 bits per heavy atom. The van der Waals surface area contributed by atoms with Crippen molar-refractivity contribution in [3.05, 3.63) is 59.7 Å². The van der Waals surface area contributed by atoms with Crippen LogP contribution in [0.2, 0.25) is 0 Å². The summed E-state index contributed by atoms with van der Waals surface area (Å²) >= 11 is 0. The molecule has 0 heterocycles. The molecule has 2 amide bonds. The molecule has 2 aliphatic rings. The van der Waals surface area contributed by atoms with Crippen LogP contribution in [0.15, 0.2) is 48.5 Å². The molecule has 0 bridgehead atoms. The van der Waals surface area contributed by atoms with Crippen LogP contribution in [-0.2, 0) is 23.8 Å². The Bertz CT molecular complexity index is 1010. The van der Waals surface area contributed by atoms with Crippen molar-refractivity contribution >= 4 is 18.0 Å². The first-order valence-electron chi connectivity index (χ1n) is 12.2. The average molecular weight is 481 g/mol. The summed E-state index contributed by atoms with van der Waals surface area (Å²) < 4.78 is 16.2. The van der Waals surface area contributed by atoms with Crippen molar-refractivity contribution < 1.29 is 28.6 Å². The standard InChI is InChI=1S/C27H32N2O6/c1-2-3-14-33-26(31)25(18-12-13-18)35-17-29-24(30)15-28-27(32)34-16-23-21-10-6-4-8-19(21)20-9-5-7-11-22(20)23/h4-11,18,23,25H,2-3,12-17H2,1H3,(H,28,32)(H,29,30). The number of benzene rings is 2. The molecule has 8 nitrogen and oxygen atoms in total. The van der Waals surface area contributed by atoms with Gasteiger partial charge < -0.3 is 24.8 Å². The monoisotopic (exact) mass is 480 g/mol. The summed E-state index contributed by atoms with van der Waals surface area (Å²) in [6, 6.07) is 16.2. The Labute approximate surface area is 205 Å². The van der Waals surface area contributed by atoms with Crippen LogP contribution in [0, 0.1) is 5.92 Å². The zero-order valence-electron chi connectivity index (χ0n) is 20.0. The minimum atomic E-state index is -0.668. The van der Waals surface area contributed by atoms with E-state index in [1.165, 1.54) is 0 Å². The Morgan fingerprint density at radius 3 is 2.23 bits per heavy atom. The fourth-order valence-electron chi connectivity index (χ4n) is 4.27. The van der Waals surface area contributed by atoms with Gasteiger partial charge in [-0.3, -0.25) is 4.79 Å². The van der Waals surface area contributed by atoms with E-state index in [-0.39, 0.29) is 37.7 Å². The first-order chi connectivity index (χ1) is 17.1. The zero-order valence-corrected chi connectivity index (χ0v) is 20.0. The topological polar surface area (TPSA) is 103 Å². The van der Waals surface area contributed by atoms with Gasteiger partial charge in [0.15, 0.2) is 6.10 Å². The summed E-state index contributed by atoms with van der Waals surface area (Å²) in [4.78, 5) is 36.5. The number of esters is 1. The number of carbonyl (C=O) groups excluding carboxylic acids is 3. The molecular formula is C27H32N2O6. The summed E-state index contributed by atoms with van der Waals surface area (Å²) in [5, 5.41) is 5.02. The second-order valence-electron chi connectivity index (χ2n) is 8.87. The number of alkyl carbamates (subject to hydrolysis) is 1.